The fraction of sp³-hybridized carbons (Fsp3) is 0.400. The monoisotopic (exact) mass is 382 g/mol. The first-order chi connectivity index (χ1) is 13.5. The number of piperidine rings is 1. The molecule has 1 aromatic carbocycles. The minimum atomic E-state index is -1.07. The van der Waals surface area contributed by atoms with Gasteiger partial charge in [-0.1, -0.05) is 16.8 Å². The summed E-state index contributed by atoms with van der Waals surface area (Å²) in [5, 5.41) is 17.1. The Morgan fingerprint density at radius 3 is 3.04 bits per heavy atom. The van der Waals surface area contributed by atoms with E-state index in [2.05, 4.69) is 15.2 Å². The average Bonchev–Trinajstić information content (AvgIpc) is 3.14. The molecule has 28 heavy (non-hydrogen) atoms. The van der Waals surface area contributed by atoms with Gasteiger partial charge in [0.25, 0.3) is 0 Å². The van der Waals surface area contributed by atoms with Crippen LogP contribution in [0.1, 0.15) is 34.5 Å². The highest BCUT2D eigenvalue weighted by Crippen LogP contribution is 2.20. The molecule has 0 bridgehead atoms. The van der Waals surface area contributed by atoms with E-state index in [1.165, 1.54) is 6.20 Å². The number of carboxylic acid groups (broad SMARTS) is 1. The first-order valence-corrected chi connectivity index (χ1v) is 9.36. The Kier molecular flexibility index (Phi) is 4.95. The van der Waals surface area contributed by atoms with Gasteiger partial charge in [0.15, 0.2) is 11.1 Å². The number of carboxylic acids is 1. The van der Waals surface area contributed by atoms with Crippen LogP contribution in [0, 0.1) is 12.8 Å². The number of likely N-dealkylation sites (tertiary alicyclic amines) is 1. The van der Waals surface area contributed by atoms with E-state index in [0.717, 1.165) is 31.5 Å². The summed E-state index contributed by atoms with van der Waals surface area (Å²) in [5.41, 5.74) is 2.28. The largest absolute Gasteiger partial charge is 0.476 e. The fourth-order valence-electron chi connectivity index (χ4n) is 3.83. The van der Waals surface area contributed by atoms with E-state index in [9.17, 15) is 9.59 Å². The van der Waals surface area contributed by atoms with E-state index < -0.39 is 5.97 Å². The fourth-order valence-corrected chi connectivity index (χ4v) is 3.83. The van der Waals surface area contributed by atoms with Crippen molar-refractivity contribution in [1.82, 2.24) is 19.9 Å². The molecule has 1 aliphatic rings. The Balaban J connectivity index is 1.46. The average molecular weight is 382 g/mol. The lowest BCUT2D eigenvalue weighted by atomic mass is 9.97. The molecule has 146 valence electrons. The Morgan fingerprint density at radius 1 is 1.39 bits per heavy atom. The molecule has 1 saturated heterocycles. The number of aryl methyl sites for hydroxylation is 1. The normalized spacial score (nSPS) is 17.8. The van der Waals surface area contributed by atoms with Crippen LogP contribution in [0.3, 0.4) is 0 Å². The molecule has 1 fully saturated rings. The topological polar surface area (TPSA) is 101 Å². The molecule has 0 unspecified atom stereocenters. The summed E-state index contributed by atoms with van der Waals surface area (Å²) in [4.78, 5) is 26.0. The van der Waals surface area contributed by atoms with Gasteiger partial charge in [-0.25, -0.2) is 4.79 Å². The molecular weight excluding hydrogens is 360 g/mol. The van der Waals surface area contributed by atoms with Crippen LogP contribution in [0.2, 0.25) is 0 Å². The maximum atomic E-state index is 12.8. The second-order valence-corrected chi connectivity index (χ2v) is 7.46. The molecule has 0 radical (unpaired) electrons. The quantitative estimate of drug-likeness (QED) is 0.722. The first-order valence-electron chi connectivity index (χ1n) is 9.36. The summed E-state index contributed by atoms with van der Waals surface area (Å²) < 4.78 is 7.25. The van der Waals surface area contributed by atoms with Gasteiger partial charge in [0.05, 0.1) is 17.8 Å². The van der Waals surface area contributed by atoms with Gasteiger partial charge in [-0.2, -0.15) is 0 Å². The van der Waals surface area contributed by atoms with Crippen LogP contribution in [0.4, 0.5) is 0 Å². The highest BCUT2D eigenvalue weighted by molar-refractivity contribution is 5.84. The third kappa shape index (κ3) is 3.82. The number of hydrogen-bond acceptors (Lipinski definition) is 6. The molecule has 1 atom stereocenters. The Morgan fingerprint density at radius 2 is 2.25 bits per heavy atom. The lowest BCUT2D eigenvalue weighted by Gasteiger charge is -2.32. The summed E-state index contributed by atoms with van der Waals surface area (Å²) in [7, 11) is 0. The van der Waals surface area contributed by atoms with Crippen molar-refractivity contribution in [2.45, 2.75) is 32.9 Å². The number of hydrogen-bond donors (Lipinski definition) is 1. The smallest absolute Gasteiger partial charge is 0.358 e. The zero-order valence-electron chi connectivity index (χ0n) is 15.7. The van der Waals surface area contributed by atoms with E-state index in [0.29, 0.717) is 35.5 Å². The van der Waals surface area contributed by atoms with Crippen LogP contribution in [0.25, 0.3) is 11.0 Å². The van der Waals surface area contributed by atoms with Gasteiger partial charge in [0, 0.05) is 25.2 Å². The van der Waals surface area contributed by atoms with Crippen molar-refractivity contribution in [3.05, 3.63) is 57.7 Å². The zero-order valence-corrected chi connectivity index (χ0v) is 15.7. The molecule has 0 spiro atoms. The second kappa shape index (κ2) is 7.55. The van der Waals surface area contributed by atoms with Gasteiger partial charge in [0.2, 0.25) is 0 Å². The van der Waals surface area contributed by atoms with Gasteiger partial charge in [-0.15, -0.1) is 5.10 Å². The van der Waals surface area contributed by atoms with Crippen LogP contribution in [0.15, 0.2) is 39.9 Å². The molecule has 2 aromatic heterocycles. The zero-order chi connectivity index (χ0) is 19.7. The third-order valence-electron chi connectivity index (χ3n) is 5.20. The van der Waals surface area contributed by atoms with E-state index in [4.69, 9.17) is 9.52 Å². The van der Waals surface area contributed by atoms with Crippen LogP contribution in [0.5, 0.6) is 0 Å². The van der Waals surface area contributed by atoms with Crippen LogP contribution >= 0.6 is 0 Å². The number of nitrogens with zero attached hydrogens (tertiary/aromatic N) is 4. The van der Waals surface area contributed by atoms with Crippen molar-refractivity contribution < 1.29 is 14.3 Å². The number of carbonyl (C=O) groups is 1. The van der Waals surface area contributed by atoms with Crippen molar-refractivity contribution in [2.75, 3.05) is 13.1 Å². The molecular formula is C20H22N4O4. The summed E-state index contributed by atoms with van der Waals surface area (Å²) in [6.45, 7) is 4.84. The second-order valence-electron chi connectivity index (χ2n) is 7.46. The minimum absolute atomic E-state index is 0.0226. The minimum Gasteiger partial charge on any atom is -0.476 e. The van der Waals surface area contributed by atoms with Gasteiger partial charge >= 0.3 is 5.97 Å². The van der Waals surface area contributed by atoms with Crippen LogP contribution in [-0.2, 0) is 13.1 Å². The lowest BCUT2D eigenvalue weighted by Crippen LogP contribution is -2.37. The number of fused-ring (bicyclic) bond motifs is 1. The van der Waals surface area contributed by atoms with E-state index in [1.54, 1.807) is 10.9 Å². The Labute approximate surface area is 161 Å². The lowest BCUT2D eigenvalue weighted by molar-refractivity contribution is 0.0690. The summed E-state index contributed by atoms with van der Waals surface area (Å²) >= 11 is 0. The van der Waals surface area contributed by atoms with Crippen molar-refractivity contribution in [1.29, 1.82) is 0 Å². The molecule has 8 nitrogen and oxygen atoms in total. The Hall–Kier alpha value is -3.00. The third-order valence-corrected chi connectivity index (χ3v) is 5.20. The standard InChI is InChI=1S/C20H22N4O4/c1-13-4-5-18-16(7-13)19(25)15(12-28-18)10-23-6-2-3-14(8-23)9-24-11-17(20(26)27)21-22-24/h4-5,7,11-12,14H,2-3,6,8-10H2,1H3,(H,26,27)/t14-/m1/s1. The number of aromatic nitrogens is 3. The van der Waals surface area contributed by atoms with Gasteiger partial charge in [-0.05, 0) is 44.4 Å². The Bertz CT molecular complexity index is 1070. The molecule has 3 aromatic rings. The highest BCUT2D eigenvalue weighted by Gasteiger charge is 2.22. The van der Waals surface area contributed by atoms with Crippen molar-refractivity contribution in [3.8, 4) is 0 Å². The van der Waals surface area contributed by atoms with Crippen molar-refractivity contribution in [2.24, 2.45) is 5.92 Å². The predicted octanol–water partition coefficient (Wildman–Crippen LogP) is 2.30. The summed E-state index contributed by atoms with van der Waals surface area (Å²) in [6.07, 6.45) is 5.08. The van der Waals surface area contributed by atoms with Gasteiger partial charge in [0.1, 0.15) is 5.58 Å². The molecule has 0 saturated carbocycles. The first kappa shape index (κ1) is 18.4. The van der Waals surface area contributed by atoms with E-state index in [-0.39, 0.29) is 11.1 Å². The number of aromatic carboxylic acids is 1. The molecule has 3 heterocycles. The summed E-state index contributed by atoms with van der Waals surface area (Å²) in [6, 6.07) is 5.63. The SMILES string of the molecule is Cc1ccc2occ(CN3CCC[C@@H](Cn4cc(C(=O)O)nn4)C3)c(=O)c2c1. The maximum Gasteiger partial charge on any atom is 0.358 e. The van der Waals surface area contributed by atoms with Crippen molar-refractivity contribution in [3.63, 3.8) is 0 Å². The highest BCUT2D eigenvalue weighted by atomic mass is 16.4. The molecule has 8 heteroatoms. The molecule has 1 aliphatic heterocycles. The van der Waals surface area contributed by atoms with E-state index in [1.807, 2.05) is 25.1 Å². The number of benzene rings is 1. The molecule has 4 rings (SSSR count). The summed E-state index contributed by atoms with van der Waals surface area (Å²) in [5.74, 6) is -0.748. The predicted molar refractivity (Wildman–Crippen MR) is 102 cm³/mol. The van der Waals surface area contributed by atoms with Crippen LogP contribution in [-0.4, -0.2) is 44.1 Å². The molecule has 0 amide bonds. The maximum absolute atomic E-state index is 12.8. The molecule has 0 aliphatic carbocycles. The molecule has 1 N–H and O–H groups in total. The van der Waals surface area contributed by atoms with Crippen molar-refractivity contribution >= 4 is 16.9 Å². The van der Waals surface area contributed by atoms with Gasteiger partial charge in [-0.3, -0.25) is 14.4 Å². The van der Waals surface area contributed by atoms with Gasteiger partial charge < -0.3 is 9.52 Å². The van der Waals surface area contributed by atoms with E-state index >= 15 is 0 Å². The van der Waals surface area contributed by atoms with Crippen LogP contribution < -0.4 is 5.43 Å². The number of rotatable bonds is 5.